The highest BCUT2D eigenvalue weighted by Crippen LogP contribution is 2.39. The van der Waals surface area contributed by atoms with Gasteiger partial charge in [-0.25, -0.2) is 0 Å². The standard InChI is InChI=1S/C21H22O6S/c1-13(22)25-19-17(23)18-16(26-21(19)28-15-10-6-3-7-11-15)12-24-20(27-18)14-8-4-2-5-9-14/h2-11,16-21,23H,12H2,1H3/t16-,17+,18-,19-,20-,21-/m1/s1. The van der Waals surface area contributed by atoms with Crippen LogP contribution in [-0.2, 0) is 23.7 Å². The van der Waals surface area contributed by atoms with Gasteiger partial charge in [0.15, 0.2) is 12.4 Å². The number of ether oxygens (including phenoxy) is 4. The smallest absolute Gasteiger partial charge is 0.303 e. The van der Waals surface area contributed by atoms with Crippen molar-refractivity contribution in [2.45, 2.75) is 48.0 Å². The van der Waals surface area contributed by atoms with E-state index in [0.29, 0.717) is 0 Å². The summed E-state index contributed by atoms with van der Waals surface area (Å²) in [5.74, 6) is -0.476. The van der Waals surface area contributed by atoms with Crippen molar-refractivity contribution in [3.8, 4) is 0 Å². The van der Waals surface area contributed by atoms with E-state index in [4.69, 9.17) is 18.9 Å². The molecule has 1 N–H and O–H groups in total. The van der Waals surface area contributed by atoms with Gasteiger partial charge in [0.25, 0.3) is 0 Å². The summed E-state index contributed by atoms with van der Waals surface area (Å²) in [6.07, 6.45) is -3.59. The number of aliphatic hydroxyl groups excluding tert-OH is 1. The van der Waals surface area contributed by atoms with Crippen LogP contribution >= 0.6 is 11.8 Å². The van der Waals surface area contributed by atoms with Gasteiger partial charge in [-0.3, -0.25) is 4.79 Å². The first-order valence-corrected chi connectivity index (χ1v) is 10.0. The van der Waals surface area contributed by atoms with Gasteiger partial charge in [-0.2, -0.15) is 0 Å². The molecular weight excluding hydrogens is 380 g/mol. The van der Waals surface area contributed by atoms with Crippen LogP contribution < -0.4 is 0 Å². The van der Waals surface area contributed by atoms with Crippen LogP contribution in [0.2, 0.25) is 0 Å². The molecule has 4 rings (SSSR count). The van der Waals surface area contributed by atoms with Crippen LogP contribution in [0.4, 0.5) is 0 Å². The molecule has 0 amide bonds. The summed E-state index contributed by atoms with van der Waals surface area (Å²) in [6, 6.07) is 19.2. The largest absolute Gasteiger partial charge is 0.456 e. The fourth-order valence-corrected chi connectivity index (χ4v) is 4.52. The quantitative estimate of drug-likeness (QED) is 0.788. The zero-order valence-electron chi connectivity index (χ0n) is 15.3. The molecule has 2 aliphatic heterocycles. The van der Waals surface area contributed by atoms with Gasteiger partial charge in [-0.1, -0.05) is 60.3 Å². The van der Waals surface area contributed by atoms with Gasteiger partial charge < -0.3 is 24.1 Å². The fourth-order valence-electron chi connectivity index (χ4n) is 3.39. The second kappa shape index (κ2) is 8.63. The van der Waals surface area contributed by atoms with E-state index in [1.165, 1.54) is 18.7 Å². The molecule has 0 bridgehead atoms. The first kappa shape index (κ1) is 19.4. The lowest BCUT2D eigenvalue weighted by atomic mass is 9.98. The summed E-state index contributed by atoms with van der Waals surface area (Å²) < 4.78 is 23.4. The maximum absolute atomic E-state index is 11.6. The normalized spacial score (nSPS) is 32.4. The second-order valence-electron chi connectivity index (χ2n) is 6.72. The first-order valence-electron chi connectivity index (χ1n) is 9.16. The van der Waals surface area contributed by atoms with Gasteiger partial charge in [0.2, 0.25) is 0 Å². The van der Waals surface area contributed by atoms with Gasteiger partial charge in [0.05, 0.1) is 6.61 Å². The van der Waals surface area contributed by atoms with E-state index in [-0.39, 0.29) is 6.61 Å². The third-order valence-corrected chi connectivity index (χ3v) is 5.83. The number of fused-ring (bicyclic) bond motifs is 1. The van der Waals surface area contributed by atoms with Gasteiger partial charge in [-0.05, 0) is 12.1 Å². The molecule has 2 saturated heterocycles. The monoisotopic (exact) mass is 402 g/mol. The molecule has 6 nitrogen and oxygen atoms in total. The van der Waals surface area contributed by atoms with E-state index in [1.807, 2.05) is 60.7 Å². The number of aliphatic hydroxyl groups is 1. The third kappa shape index (κ3) is 4.24. The Hall–Kier alpha value is -1.90. The van der Waals surface area contributed by atoms with Crippen LogP contribution in [0.15, 0.2) is 65.6 Å². The predicted molar refractivity (Wildman–Crippen MR) is 103 cm³/mol. The van der Waals surface area contributed by atoms with E-state index in [1.54, 1.807) is 0 Å². The summed E-state index contributed by atoms with van der Waals surface area (Å²) in [4.78, 5) is 12.6. The van der Waals surface area contributed by atoms with Gasteiger partial charge in [-0.15, -0.1) is 0 Å². The van der Waals surface area contributed by atoms with Crippen LogP contribution in [0.25, 0.3) is 0 Å². The Morgan fingerprint density at radius 3 is 2.43 bits per heavy atom. The molecule has 2 aromatic carbocycles. The lowest BCUT2D eigenvalue weighted by Crippen LogP contribution is -2.61. The van der Waals surface area contributed by atoms with Crippen molar-refractivity contribution in [1.29, 1.82) is 0 Å². The van der Waals surface area contributed by atoms with Crippen molar-refractivity contribution < 1.29 is 28.8 Å². The molecule has 0 spiro atoms. The molecule has 6 atom stereocenters. The molecule has 7 heteroatoms. The summed E-state index contributed by atoms with van der Waals surface area (Å²) in [6.45, 7) is 1.60. The molecule has 0 unspecified atom stereocenters. The number of benzene rings is 2. The lowest BCUT2D eigenvalue weighted by molar-refractivity contribution is -0.319. The average molecular weight is 402 g/mol. The molecule has 28 heavy (non-hydrogen) atoms. The highest BCUT2D eigenvalue weighted by atomic mass is 32.2. The maximum Gasteiger partial charge on any atom is 0.303 e. The Kier molecular flexibility index (Phi) is 5.99. The average Bonchev–Trinajstić information content (AvgIpc) is 2.72. The van der Waals surface area contributed by atoms with E-state index < -0.39 is 42.1 Å². The number of carbonyl (C=O) groups excluding carboxylic acids is 1. The topological polar surface area (TPSA) is 74.2 Å². The fraction of sp³-hybridized carbons (Fsp3) is 0.381. The molecule has 2 heterocycles. The second-order valence-corrected chi connectivity index (χ2v) is 7.89. The number of esters is 1. The Balaban J connectivity index is 1.53. The summed E-state index contributed by atoms with van der Waals surface area (Å²) in [7, 11) is 0. The Morgan fingerprint density at radius 2 is 1.75 bits per heavy atom. The maximum atomic E-state index is 11.6. The lowest BCUT2D eigenvalue weighted by Gasteiger charge is -2.47. The molecule has 2 aromatic rings. The van der Waals surface area contributed by atoms with Crippen LogP contribution in [0.1, 0.15) is 18.8 Å². The number of hydrogen-bond acceptors (Lipinski definition) is 7. The zero-order chi connectivity index (χ0) is 19.5. The number of rotatable bonds is 4. The Morgan fingerprint density at radius 1 is 1.07 bits per heavy atom. The van der Waals surface area contributed by atoms with Crippen molar-refractivity contribution in [2.24, 2.45) is 0 Å². The summed E-state index contributed by atoms with van der Waals surface area (Å²) >= 11 is 1.40. The summed E-state index contributed by atoms with van der Waals surface area (Å²) in [5, 5.41) is 11.0. The van der Waals surface area contributed by atoms with Gasteiger partial charge in [0.1, 0.15) is 23.7 Å². The molecule has 0 saturated carbocycles. The minimum absolute atomic E-state index is 0.278. The Bertz CT molecular complexity index is 786. The molecule has 2 aliphatic rings. The number of hydrogen-bond donors (Lipinski definition) is 1. The minimum Gasteiger partial charge on any atom is -0.456 e. The van der Waals surface area contributed by atoms with Crippen molar-refractivity contribution >= 4 is 17.7 Å². The highest BCUT2D eigenvalue weighted by molar-refractivity contribution is 7.99. The first-order chi connectivity index (χ1) is 13.6. The van der Waals surface area contributed by atoms with E-state index in [9.17, 15) is 9.90 Å². The van der Waals surface area contributed by atoms with E-state index in [2.05, 4.69) is 0 Å². The highest BCUT2D eigenvalue weighted by Gasteiger charge is 2.51. The van der Waals surface area contributed by atoms with Crippen molar-refractivity contribution in [3.05, 3.63) is 66.2 Å². The third-order valence-electron chi connectivity index (χ3n) is 4.68. The SMILES string of the molecule is CC(=O)O[C@@H]1[C@@H](O)[C@@H]2O[C@H](c3ccccc3)OC[C@H]2O[C@@H]1Sc1ccccc1. The molecule has 0 aromatic heterocycles. The molecule has 148 valence electrons. The number of thioether (sulfide) groups is 1. The van der Waals surface area contributed by atoms with Crippen molar-refractivity contribution in [2.75, 3.05) is 6.61 Å². The van der Waals surface area contributed by atoms with Crippen LogP contribution in [-0.4, -0.2) is 47.5 Å². The van der Waals surface area contributed by atoms with Crippen molar-refractivity contribution in [3.63, 3.8) is 0 Å². The zero-order valence-corrected chi connectivity index (χ0v) is 16.2. The Labute approximate surface area is 167 Å². The molecule has 0 aliphatic carbocycles. The minimum atomic E-state index is -1.03. The van der Waals surface area contributed by atoms with Gasteiger partial charge >= 0.3 is 5.97 Å². The van der Waals surface area contributed by atoms with Crippen LogP contribution in [0.5, 0.6) is 0 Å². The molecule has 2 fully saturated rings. The number of carbonyl (C=O) groups is 1. The predicted octanol–water partition coefficient (Wildman–Crippen LogP) is 2.91. The van der Waals surface area contributed by atoms with Crippen molar-refractivity contribution in [1.82, 2.24) is 0 Å². The molecule has 0 radical (unpaired) electrons. The van der Waals surface area contributed by atoms with Gasteiger partial charge in [0, 0.05) is 17.4 Å². The van der Waals surface area contributed by atoms with E-state index in [0.717, 1.165) is 10.5 Å². The summed E-state index contributed by atoms with van der Waals surface area (Å²) in [5.41, 5.74) is 0.293. The van der Waals surface area contributed by atoms with Crippen LogP contribution in [0, 0.1) is 0 Å². The van der Waals surface area contributed by atoms with Crippen LogP contribution in [0.3, 0.4) is 0 Å². The van der Waals surface area contributed by atoms with E-state index >= 15 is 0 Å². The molecular formula is C21H22O6S.